The maximum Gasteiger partial charge on any atom is 0.316 e. The van der Waals surface area contributed by atoms with Crippen LogP contribution in [0.4, 0.5) is 0 Å². The quantitative estimate of drug-likeness (QED) is 0.476. The van der Waals surface area contributed by atoms with Gasteiger partial charge in [-0.2, -0.15) is 0 Å². The molecule has 0 aromatic heterocycles. The Balaban J connectivity index is 2.18. The predicted octanol–water partition coefficient (Wildman–Crippen LogP) is 0.488. The fraction of sp³-hybridized carbons (Fsp3) is 0.625. The van der Waals surface area contributed by atoms with Crippen LogP contribution in [0.15, 0.2) is 11.6 Å². The molecule has 0 fully saturated rings. The summed E-state index contributed by atoms with van der Waals surface area (Å²) in [6.07, 6.45) is 2.43. The number of aliphatic hydroxyl groups is 1. The number of hydrogen-bond donors (Lipinski definition) is 1. The van der Waals surface area contributed by atoms with Crippen LogP contribution >= 0.6 is 0 Å². The molecule has 0 aromatic carbocycles. The van der Waals surface area contributed by atoms with Crippen LogP contribution in [0.5, 0.6) is 0 Å². The van der Waals surface area contributed by atoms with Crippen molar-refractivity contribution in [3.05, 3.63) is 11.6 Å². The molecule has 1 rings (SSSR count). The van der Waals surface area contributed by atoms with Crippen molar-refractivity contribution < 1.29 is 14.6 Å². The lowest BCUT2D eigenvalue weighted by Crippen LogP contribution is -2.08. The summed E-state index contributed by atoms with van der Waals surface area (Å²) < 4.78 is 4.77. The van der Waals surface area contributed by atoms with Gasteiger partial charge in [-0.05, 0) is 13.3 Å². The van der Waals surface area contributed by atoms with E-state index in [-0.39, 0.29) is 18.5 Å². The molecule has 1 atom stereocenters. The molecular weight excluding hydrogens is 144 g/mol. The van der Waals surface area contributed by atoms with Gasteiger partial charge in [0.25, 0.3) is 0 Å². The fourth-order valence-corrected chi connectivity index (χ4v) is 0.985. The van der Waals surface area contributed by atoms with Crippen molar-refractivity contribution in [1.82, 2.24) is 0 Å². The molecule has 0 heterocycles. The Morgan fingerprint density at radius 2 is 2.55 bits per heavy atom. The minimum absolute atomic E-state index is 0.113. The number of carbonyl (C=O) groups excluding carboxylic acids is 1. The van der Waals surface area contributed by atoms with Gasteiger partial charge >= 0.3 is 5.97 Å². The van der Waals surface area contributed by atoms with Crippen LogP contribution < -0.4 is 0 Å². The highest BCUT2D eigenvalue weighted by Crippen LogP contribution is 2.32. The number of ether oxygens (including phenoxy) is 1. The third kappa shape index (κ3) is 2.05. The van der Waals surface area contributed by atoms with Crippen molar-refractivity contribution in [2.75, 3.05) is 13.2 Å². The standard InChI is InChI=1S/C8H12O3/c1-2-11-8(10)7-5-6(7)3-4-9/h5,7,9H,2-4H2,1H3/t7-/m1/s1. The van der Waals surface area contributed by atoms with E-state index in [0.717, 1.165) is 5.57 Å². The molecule has 0 aliphatic heterocycles. The molecule has 0 radical (unpaired) electrons. The minimum atomic E-state index is -0.184. The molecular formula is C8H12O3. The molecule has 1 N–H and O–H groups in total. The van der Waals surface area contributed by atoms with E-state index in [1.807, 2.05) is 6.08 Å². The second kappa shape index (κ2) is 3.53. The van der Waals surface area contributed by atoms with Crippen molar-refractivity contribution in [2.24, 2.45) is 5.92 Å². The van der Waals surface area contributed by atoms with E-state index < -0.39 is 0 Å². The zero-order chi connectivity index (χ0) is 8.27. The monoisotopic (exact) mass is 156 g/mol. The topological polar surface area (TPSA) is 46.5 Å². The first kappa shape index (κ1) is 8.27. The lowest BCUT2D eigenvalue weighted by Gasteiger charge is -1.99. The zero-order valence-electron chi connectivity index (χ0n) is 6.54. The maximum atomic E-state index is 10.9. The van der Waals surface area contributed by atoms with Crippen LogP contribution in [0.3, 0.4) is 0 Å². The molecule has 0 spiro atoms. The van der Waals surface area contributed by atoms with Crippen LogP contribution in [0.25, 0.3) is 0 Å². The Labute approximate surface area is 65.7 Å². The number of rotatable bonds is 4. The van der Waals surface area contributed by atoms with Gasteiger partial charge in [0.15, 0.2) is 0 Å². The van der Waals surface area contributed by atoms with Crippen molar-refractivity contribution in [1.29, 1.82) is 0 Å². The lowest BCUT2D eigenvalue weighted by atomic mass is 10.2. The molecule has 1 aliphatic rings. The van der Waals surface area contributed by atoms with Crippen molar-refractivity contribution in [3.63, 3.8) is 0 Å². The molecule has 3 nitrogen and oxygen atoms in total. The second-order valence-electron chi connectivity index (χ2n) is 2.44. The van der Waals surface area contributed by atoms with Gasteiger partial charge in [-0.1, -0.05) is 11.6 Å². The largest absolute Gasteiger partial charge is 0.465 e. The average Bonchev–Trinajstić information content (AvgIpc) is 2.69. The van der Waals surface area contributed by atoms with E-state index in [9.17, 15) is 4.79 Å². The summed E-state index contributed by atoms with van der Waals surface area (Å²) >= 11 is 0. The normalized spacial score (nSPS) is 20.9. The number of hydrogen-bond acceptors (Lipinski definition) is 3. The molecule has 62 valence electrons. The Kier molecular flexibility index (Phi) is 2.65. The summed E-state index contributed by atoms with van der Waals surface area (Å²) in [5, 5.41) is 8.51. The minimum Gasteiger partial charge on any atom is -0.465 e. The molecule has 0 saturated heterocycles. The third-order valence-electron chi connectivity index (χ3n) is 1.61. The molecule has 11 heavy (non-hydrogen) atoms. The van der Waals surface area contributed by atoms with Gasteiger partial charge in [0.05, 0.1) is 12.5 Å². The Morgan fingerprint density at radius 1 is 1.82 bits per heavy atom. The predicted molar refractivity (Wildman–Crippen MR) is 39.9 cm³/mol. The second-order valence-corrected chi connectivity index (χ2v) is 2.44. The van der Waals surface area contributed by atoms with Gasteiger partial charge in [-0.3, -0.25) is 4.79 Å². The summed E-state index contributed by atoms with van der Waals surface area (Å²) in [6, 6.07) is 0. The summed E-state index contributed by atoms with van der Waals surface area (Å²) in [5.74, 6) is -0.307. The molecule has 0 saturated carbocycles. The van der Waals surface area contributed by atoms with Crippen molar-refractivity contribution >= 4 is 5.97 Å². The first-order valence-electron chi connectivity index (χ1n) is 3.77. The highest BCUT2D eigenvalue weighted by molar-refractivity contribution is 5.83. The smallest absolute Gasteiger partial charge is 0.316 e. The Morgan fingerprint density at radius 3 is 3.09 bits per heavy atom. The van der Waals surface area contributed by atoms with Crippen molar-refractivity contribution in [3.8, 4) is 0 Å². The molecule has 3 heteroatoms. The van der Waals surface area contributed by atoms with E-state index in [1.54, 1.807) is 6.92 Å². The van der Waals surface area contributed by atoms with Crippen LogP contribution in [0.1, 0.15) is 13.3 Å². The van der Waals surface area contributed by atoms with Crippen LogP contribution in [0, 0.1) is 5.92 Å². The number of aliphatic hydroxyl groups excluding tert-OH is 1. The highest BCUT2D eigenvalue weighted by Gasteiger charge is 2.32. The molecule has 0 aromatic rings. The first-order valence-corrected chi connectivity index (χ1v) is 3.77. The molecule has 0 unspecified atom stereocenters. The van der Waals surface area contributed by atoms with Crippen LogP contribution in [-0.2, 0) is 9.53 Å². The maximum absolute atomic E-state index is 10.9. The summed E-state index contributed by atoms with van der Waals surface area (Å²) in [4.78, 5) is 10.9. The molecule has 0 amide bonds. The van der Waals surface area contributed by atoms with E-state index in [1.165, 1.54) is 0 Å². The summed E-state index contributed by atoms with van der Waals surface area (Å²) in [6.45, 7) is 2.32. The number of carbonyl (C=O) groups is 1. The van der Waals surface area contributed by atoms with Crippen LogP contribution in [0.2, 0.25) is 0 Å². The summed E-state index contributed by atoms with van der Waals surface area (Å²) in [7, 11) is 0. The first-order chi connectivity index (χ1) is 5.29. The zero-order valence-corrected chi connectivity index (χ0v) is 6.54. The van der Waals surface area contributed by atoms with E-state index >= 15 is 0 Å². The molecule has 0 bridgehead atoms. The third-order valence-corrected chi connectivity index (χ3v) is 1.61. The van der Waals surface area contributed by atoms with Gasteiger partial charge in [0, 0.05) is 6.61 Å². The van der Waals surface area contributed by atoms with Gasteiger partial charge < -0.3 is 9.84 Å². The van der Waals surface area contributed by atoms with Crippen LogP contribution in [-0.4, -0.2) is 24.3 Å². The fourth-order valence-electron chi connectivity index (χ4n) is 0.985. The van der Waals surface area contributed by atoms with Gasteiger partial charge in [0.2, 0.25) is 0 Å². The number of esters is 1. The van der Waals surface area contributed by atoms with Gasteiger partial charge in [-0.25, -0.2) is 0 Å². The van der Waals surface area contributed by atoms with E-state index in [4.69, 9.17) is 9.84 Å². The lowest BCUT2D eigenvalue weighted by molar-refractivity contribution is -0.144. The van der Waals surface area contributed by atoms with E-state index in [2.05, 4.69) is 0 Å². The average molecular weight is 156 g/mol. The Bertz CT molecular complexity index is 184. The van der Waals surface area contributed by atoms with E-state index in [0.29, 0.717) is 13.0 Å². The van der Waals surface area contributed by atoms with Gasteiger partial charge in [-0.15, -0.1) is 0 Å². The molecule has 1 aliphatic carbocycles. The summed E-state index contributed by atoms with van der Waals surface area (Å²) in [5.41, 5.74) is 1.01. The highest BCUT2D eigenvalue weighted by atomic mass is 16.5. The Hall–Kier alpha value is -0.830. The SMILES string of the molecule is CCOC(=O)[C@@H]1C=C1CCO. The van der Waals surface area contributed by atoms with Crippen molar-refractivity contribution in [2.45, 2.75) is 13.3 Å². The van der Waals surface area contributed by atoms with Gasteiger partial charge in [0.1, 0.15) is 0 Å².